The van der Waals surface area contributed by atoms with Crippen molar-refractivity contribution in [2.45, 2.75) is 56.5 Å². The number of rotatable bonds is 8. The van der Waals surface area contributed by atoms with Gasteiger partial charge in [-0.3, -0.25) is 9.59 Å². The molecule has 26 heavy (non-hydrogen) atoms. The summed E-state index contributed by atoms with van der Waals surface area (Å²) in [6.07, 6.45) is 6.24. The lowest BCUT2D eigenvalue weighted by Gasteiger charge is -2.11. The van der Waals surface area contributed by atoms with E-state index in [4.69, 9.17) is 9.47 Å². The number of carbonyl (C=O) groups is 2. The second-order valence-corrected chi connectivity index (χ2v) is 8.12. The van der Waals surface area contributed by atoms with Gasteiger partial charge in [0.2, 0.25) is 5.88 Å². The topological polar surface area (TPSA) is 87.4 Å². The van der Waals surface area contributed by atoms with Crippen molar-refractivity contribution in [3.05, 3.63) is 23.4 Å². The average Bonchev–Trinajstić information content (AvgIpc) is 3.52. The number of hydrogen-bond donors (Lipinski definition) is 1. The predicted octanol–water partition coefficient (Wildman–Crippen LogP) is 2.22. The largest absolute Gasteiger partial charge is 0.477 e. The molecule has 4 fully saturated rings. The van der Waals surface area contributed by atoms with E-state index in [0.717, 1.165) is 12.0 Å². The SMILES string of the molecule is O=C(c1ccc(C2CC2)c(OCC2CC2)n1)C1NC1C[C@H]1CCOC1=O. The Morgan fingerprint density at radius 3 is 2.77 bits per heavy atom. The van der Waals surface area contributed by atoms with Crippen LogP contribution in [0.2, 0.25) is 0 Å². The zero-order chi connectivity index (χ0) is 17.7. The third kappa shape index (κ3) is 3.34. The van der Waals surface area contributed by atoms with Gasteiger partial charge in [-0.25, -0.2) is 4.98 Å². The second kappa shape index (κ2) is 6.34. The molecular formula is C20H24N2O4. The fourth-order valence-corrected chi connectivity index (χ4v) is 3.75. The number of nitrogens with one attached hydrogen (secondary N) is 1. The van der Waals surface area contributed by atoms with E-state index >= 15 is 0 Å². The molecule has 0 aromatic carbocycles. The first kappa shape index (κ1) is 16.2. The maximum atomic E-state index is 12.8. The van der Waals surface area contributed by atoms with Crippen molar-refractivity contribution >= 4 is 11.8 Å². The molecule has 5 rings (SSSR count). The van der Waals surface area contributed by atoms with Crippen molar-refractivity contribution in [3.63, 3.8) is 0 Å². The van der Waals surface area contributed by atoms with Crippen LogP contribution in [0.5, 0.6) is 5.88 Å². The van der Waals surface area contributed by atoms with Crippen molar-refractivity contribution in [2.24, 2.45) is 11.8 Å². The third-order valence-electron chi connectivity index (χ3n) is 5.86. The molecule has 1 aromatic heterocycles. The van der Waals surface area contributed by atoms with E-state index in [1.165, 1.54) is 25.7 Å². The molecule has 3 atom stereocenters. The Bertz CT molecular complexity index is 741. The van der Waals surface area contributed by atoms with Crippen molar-refractivity contribution in [2.75, 3.05) is 13.2 Å². The van der Waals surface area contributed by atoms with Crippen LogP contribution >= 0.6 is 0 Å². The number of pyridine rings is 1. The van der Waals surface area contributed by atoms with Crippen LogP contribution in [0.4, 0.5) is 0 Å². The zero-order valence-electron chi connectivity index (χ0n) is 14.8. The number of Topliss-reactive ketones (excluding diaryl/α,β-unsaturated/α-hetero) is 1. The molecule has 6 heteroatoms. The summed E-state index contributed by atoms with van der Waals surface area (Å²) in [5.74, 6) is 1.65. The monoisotopic (exact) mass is 356 g/mol. The molecule has 0 spiro atoms. The molecule has 1 aromatic rings. The van der Waals surface area contributed by atoms with Gasteiger partial charge < -0.3 is 14.8 Å². The number of ketones is 1. The lowest BCUT2D eigenvalue weighted by molar-refractivity contribution is -0.141. The van der Waals surface area contributed by atoms with Gasteiger partial charge in [-0.1, -0.05) is 6.07 Å². The van der Waals surface area contributed by atoms with Crippen LogP contribution in [0.1, 0.15) is 60.5 Å². The molecular weight excluding hydrogens is 332 g/mol. The highest BCUT2D eigenvalue weighted by Crippen LogP contribution is 2.44. The lowest BCUT2D eigenvalue weighted by Crippen LogP contribution is -2.17. The van der Waals surface area contributed by atoms with E-state index in [0.29, 0.717) is 43.0 Å². The van der Waals surface area contributed by atoms with E-state index in [1.54, 1.807) is 0 Å². The molecule has 0 radical (unpaired) electrons. The van der Waals surface area contributed by atoms with Crippen LogP contribution < -0.4 is 10.1 Å². The van der Waals surface area contributed by atoms with Crippen molar-refractivity contribution in [1.29, 1.82) is 0 Å². The molecule has 0 amide bonds. The Morgan fingerprint density at radius 2 is 2.08 bits per heavy atom. The summed E-state index contributed by atoms with van der Waals surface area (Å²) in [6, 6.07) is 3.67. The Labute approximate surface area is 152 Å². The van der Waals surface area contributed by atoms with E-state index in [1.807, 2.05) is 12.1 Å². The van der Waals surface area contributed by atoms with Gasteiger partial charge in [0.1, 0.15) is 5.69 Å². The molecule has 0 bridgehead atoms. The third-order valence-corrected chi connectivity index (χ3v) is 5.86. The van der Waals surface area contributed by atoms with E-state index in [-0.39, 0.29) is 29.8 Å². The maximum Gasteiger partial charge on any atom is 0.309 e. The highest BCUT2D eigenvalue weighted by Gasteiger charge is 2.46. The molecule has 138 valence electrons. The Morgan fingerprint density at radius 1 is 1.23 bits per heavy atom. The first-order valence-electron chi connectivity index (χ1n) is 9.79. The van der Waals surface area contributed by atoms with Crippen LogP contribution in [0.3, 0.4) is 0 Å². The first-order valence-corrected chi connectivity index (χ1v) is 9.79. The standard InChI is InChI=1S/C20H24N2O4/c23-18(17-16(21-17)9-13-7-8-25-20(13)24)15-6-5-14(12-3-4-12)19(22-15)26-10-11-1-2-11/h5-6,11-13,16-17,21H,1-4,7-10H2/t13-,16?,17?/m1/s1. The van der Waals surface area contributed by atoms with Gasteiger partial charge >= 0.3 is 5.97 Å². The van der Waals surface area contributed by atoms with Gasteiger partial charge in [-0.05, 0) is 56.4 Å². The number of hydrogen-bond acceptors (Lipinski definition) is 6. The van der Waals surface area contributed by atoms with Gasteiger partial charge in [0, 0.05) is 11.6 Å². The van der Waals surface area contributed by atoms with Crippen LogP contribution in [0, 0.1) is 11.8 Å². The Kier molecular flexibility index (Phi) is 3.96. The fourth-order valence-electron chi connectivity index (χ4n) is 3.75. The number of nitrogens with zero attached hydrogens (tertiary/aromatic N) is 1. The molecule has 2 saturated heterocycles. The average molecular weight is 356 g/mol. The van der Waals surface area contributed by atoms with E-state index < -0.39 is 0 Å². The minimum atomic E-state index is -0.237. The van der Waals surface area contributed by atoms with Crippen LogP contribution in [-0.2, 0) is 9.53 Å². The molecule has 2 saturated carbocycles. The quantitative estimate of drug-likeness (QED) is 0.437. The van der Waals surface area contributed by atoms with Crippen LogP contribution in [0.15, 0.2) is 12.1 Å². The number of cyclic esters (lactones) is 1. The molecule has 6 nitrogen and oxygen atoms in total. The number of carbonyl (C=O) groups excluding carboxylic acids is 2. The predicted molar refractivity (Wildman–Crippen MR) is 93.2 cm³/mol. The minimum absolute atomic E-state index is 0.0000156. The highest BCUT2D eigenvalue weighted by atomic mass is 16.5. The summed E-state index contributed by atoms with van der Waals surface area (Å²) < 4.78 is 11.0. The maximum absolute atomic E-state index is 12.8. The molecule has 4 aliphatic rings. The molecule has 2 aliphatic heterocycles. The van der Waals surface area contributed by atoms with E-state index in [9.17, 15) is 9.59 Å². The molecule has 3 heterocycles. The van der Waals surface area contributed by atoms with Crippen LogP contribution in [-0.4, -0.2) is 42.0 Å². The summed E-state index contributed by atoms with van der Waals surface area (Å²) in [7, 11) is 0. The van der Waals surface area contributed by atoms with Gasteiger partial charge in [0.25, 0.3) is 0 Å². The van der Waals surface area contributed by atoms with Gasteiger partial charge in [-0.2, -0.15) is 0 Å². The summed E-state index contributed by atoms with van der Waals surface area (Å²) in [5, 5.41) is 3.21. The summed E-state index contributed by atoms with van der Waals surface area (Å²) in [5.41, 5.74) is 1.62. The second-order valence-electron chi connectivity index (χ2n) is 8.12. The number of aromatic nitrogens is 1. The van der Waals surface area contributed by atoms with Crippen molar-refractivity contribution in [3.8, 4) is 5.88 Å². The normalized spacial score (nSPS) is 30.2. The van der Waals surface area contributed by atoms with Crippen molar-refractivity contribution in [1.82, 2.24) is 10.3 Å². The first-order chi connectivity index (χ1) is 12.7. The van der Waals surface area contributed by atoms with Crippen molar-refractivity contribution < 1.29 is 19.1 Å². The molecule has 2 unspecified atom stereocenters. The van der Waals surface area contributed by atoms with Gasteiger partial charge in [0.15, 0.2) is 5.78 Å². The summed E-state index contributed by atoms with van der Waals surface area (Å²) in [4.78, 5) is 29.0. The highest BCUT2D eigenvalue weighted by molar-refractivity contribution is 6.01. The number of esters is 1. The van der Waals surface area contributed by atoms with Gasteiger partial charge in [0.05, 0.1) is 25.2 Å². The Hall–Kier alpha value is -1.95. The molecule has 2 aliphatic carbocycles. The summed E-state index contributed by atoms with van der Waals surface area (Å²) in [6.45, 7) is 1.21. The van der Waals surface area contributed by atoms with Crippen LogP contribution in [0.25, 0.3) is 0 Å². The van der Waals surface area contributed by atoms with E-state index in [2.05, 4.69) is 10.3 Å². The fraction of sp³-hybridized carbons (Fsp3) is 0.650. The Balaban J connectivity index is 1.26. The summed E-state index contributed by atoms with van der Waals surface area (Å²) >= 11 is 0. The lowest BCUT2D eigenvalue weighted by atomic mass is 9.99. The number of ether oxygens (including phenoxy) is 2. The van der Waals surface area contributed by atoms with Gasteiger partial charge in [-0.15, -0.1) is 0 Å². The smallest absolute Gasteiger partial charge is 0.309 e. The zero-order valence-corrected chi connectivity index (χ0v) is 14.8. The minimum Gasteiger partial charge on any atom is -0.477 e. The molecule has 1 N–H and O–H groups in total.